The number of nitrogens with one attached hydrogen (secondary N) is 2. The van der Waals surface area contributed by atoms with Crippen LogP contribution in [-0.2, 0) is 50.7 Å². The van der Waals surface area contributed by atoms with Crippen molar-refractivity contribution in [3.8, 4) is 0 Å². The Balaban J connectivity index is 1.22. The molecule has 0 aliphatic carbocycles. The smallest absolute Gasteiger partial charge is 0.393 e. The molecule has 0 radical (unpaired) electrons. The third kappa shape index (κ3) is 27.1. The van der Waals surface area contributed by atoms with E-state index in [1.165, 1.54) is 129 Å². The minimum absolute atomic E-state index is 0.0275. The number of aliphatic hydroxyl groups is 3. The van der Waals surface area contributed by atoms with Gasteiger partial charge in [-0.05, 0) is 6.42 Å². The van der Waals surface area contributed by atoms with Crippen molar-refractivity contribution < 1.29 is 85.6 Å². The quantitative estimate of drug-likeness (QED) is 0.0235. The second-order valence-electron chi connectivity index (χ2n) is 20.0. The van der Waals surface area contributed by atoms with Crippen LogP contribution < -0.4 is 16.4 Å². The fraction of sp³-hybridized carbons (Fsp3) is 0.830. The van der Waals surface area contributed by atoms with Gasteiger partial charge in [0.25, 0.3) is 0 Å². The lowest BCUT2D eigenvalue weighted by Gasteiger charge is -2.30. The molecule has 2 aromatic rings. The van der Waals surface area contributed by atoms with Gasteiger partial charge in [-0.25, -0.2) is 28.6 Å². The molecule has 2 unspecified atom stereocenters. The lowest BCUT2D eigenvalue weighted by molar-refractivity contribution is -0.137. The van der Waals surface area contributed by atoms with E-state index in [9.17, 15) is 63.0 Å². The maximum absolute atomic E-state index is 12.8. The molecule has 0 spiro atoms. The van der Waals surface area contributed by atoms with Crippen molar-refractivity contribution in [2.75, 3.05) is 37.8 Å². The second kappa shape index (κ2) is 35.3. The van der Waals surface area contributed by atoms with Crippen LogP contribution in [0.3, 0.4) is 0 Å². The summed E-state index contributed by atoms with van der Waals surface area (Å²) in [6, 6.07) is 0. The van der Waals surface area contributed by atoms with Crippen molar-refractivity contribution in [3.63, 3.8) is 0 Å². The molecule has 1 aliphatic heterocycles. The molecular formula is C47H86N7O18P3S. The number of anilines is 1. The van der Waals surface area contributed by atoms with E-state index in [0.717, 1.165) is 48.2 Å². The molecule has 438 valence electrons. The van der Waals surface area contributed by atoms with Crippen molar-refractivity contribution in [2.24, 2.45) is 5.41 Å². The summed E-state index contributed by atoms with van der Waals surface area (Å²) in [6.45, 7) is 2.68. The topological polar surface area (TPSA) is 384 Å². The molecular weight excluding hydrogens is 1080 g/mol. The SMILES string of the molecule is CCCCCCCCCCCCCCCCCCCCCCC[C@@H](O)CC(=O)SCCNC(=O)CCNC(=O)[C@H](O)C(C)(C)COP(=O)(O)OP(=O)(O)OC[C@H]1O[C@@H](n2cnc3c(N)ncnc32)[C@H](O)[C@@H]1OP(=O)(O)O. The average molecular weight is 1160 g/mol. The first-order valence-electron chi connectivity index (χ1n) is 26.7. The molecule has 2 aromatic heterocycles. The van der Waals surface area contributed by atoms with Gasteiger partial charge >= 0.3 is 23.5 Å². The van der Waals surface area contributed by atoms with Crippen LogP contribution in [0.1, 0.15) is 181 Å². The van der Waals surface area contributed by atoms with Gasteiger partial charge in [0.05, 0.1) is 25.6 Å². The Hall–Kier alpha value is -2.48. The first-order valence-corrected chi connectivity index (χ1v) is 32.2. The molecule has 3 rings (SSSR count). The number of carbonyl (C=O) groups is 3. The van der Waals surface area contributed by atoms with E-state index < -0.39 is 90.7 Å². The molecule has 11 N–H and O–H groups in total. The van der Waals surface area contributed by atoms with Gasteiger partial charge in [-0.1, -0.05) is 167 Å². The molecule has 0 bridgehead atoms. The Labute approximate surface area is 450 Å². The maximum atomic E-state index is 12.8. The van der Waals surface area contributed by atoms with Gasteiger partial charge in [0, 0.05) is 37.1 Å². The predicted octanol–water partition coefficient (Wildman–Crippen LogP) is 7.02. The number of hydrogen-bond donors (Lipinski definition) is 10. The van der Waals surface area contributed by atoms with Crippen LogP contribution >= 0.6 is 35.2 Å². The number of fused-ring (bicyclic) bond motifs is 1. The summed E-state index contributed by atoms with van der Waals surface area (Å²) < 4.78 is 62.5. The van der Waals surface area contributed by atoms with Crippen LogP contribution in [0.2, 0.25) is 0 Å². The lowest BCUT2D eigenvalue weighted by atomic mass is 9.87. The molecule has 1 aliphatic rings. The van der Waals surface area contributed by atoms with E-state index in [2.05, 4.69) is 41.3 Å². The van der Waals surface area contributed by atoms with Crippen LogP contribution in [0, 0.1) is 5.41 Å². The zero-order valence-corrected chi connectivity index (χ0v) is 47.9. The number of aliphatic hydroxyl groups excluding tert-OH is 3. The molecule has 0 saturated carbocycles. The normalized spacial score (nSPS) is 19.6. The van der Waals surface area contributed by atoms with Crippen molar-refractivity contribution in [3.05, 3.63) is 12.7 Å². The van der Waals surface area contributed by atoms with Gasteiger partial charge in [0.1, 0.15) is 36.3 Å². The Morgan fingerprint density at radius 2 is 1.33 bits per heavy atom. The maximum Gasteiger partial charge on any atom is 0.481 e. The molecule has 1 saturated heterocycles. The molecule has 8 atom stereocenters. The number of hydrogen-bond acceptors (Lipinski definition) is 19. The minimum Gasteiger partial charge on any atom is -0.393 e. The third-order valence-corrected chi connectivity index (χ3v) is 16.8. The Kier molecular flexibility index (Phi) is 31.5. The summed E-state index contributed by atoms with van der Waals surface area (Å²) in [7, 11) is -16.4. The number of ether oxygens (including phenoxy) is 1. The number of rotatable bonds is 43. The molecule has 2 amide bonds. The Morgan fingerprint density at radius 3 is 1.88 bits per heavy atom. The first-order chi connectivity index (χ1) is 35.9. The third-order valence-electron chi connectivity index (χ3n) is 12.8. The average Bonchev–Trinajstić information content (AvgIpc) is 3.91. The van der Waals surface area contributed by atoms with Crippen LogP contribution in [0.5, 0.6) is 0 Å². The van der Waals surface area contributed by atoms with E-state index >= 15 is 0 Å². The van der Waals surface area contributed by atoms with Crippen LogP contribution in [0.4, 0.5) is 5.82 Å². The van der Waals surface area contributed by atoms with Gasteiger partial charge in [0.15, 0.2) is 22.8 Å². The number of nitrogen functional groups attached to an aromatic ring is 1. The van der Waals surface area contributed by atoms with Gasteiger partial charge in [-0.15, -0.1) is 0 Å². The number of carbonyl (C=O) groups excluding carboxylic acids is 3. The van der Waals surface area contributed by atoms with Crippen LogP contribution in [-0.4, -0.2) is 134 Å². The molecule has 1 fully saturated rings. The molecule has 0 aromatic carbocycles. The largest absolute Gasteiger partial charge is 0.481 e. The summed E-state index contributed by atoms with van der Waals surface area (Å²) >= 11 is 1.01. The summed E-state index contributed by atoms with van der Waals surface area (Å²) in [5.74, 6) is -1.21. The van der Waals surface area contributed by atoms with Crippen LogP contribution in [0.25, 0.3) is 11.2 Å². The highest BCUT2D eigenvalue weighted by Gasteiger charge is 2.50. The lowest BCUT2D eigenvalue weighted by Crippen LogP contribution is -2.46. The number of imidazole rings is 1. The summed E-state index contributed by atoms with van der Waals surface area (Å²) in [5.41, 5.74) is 4.27. The van der Waals surface area contributed by atoms with Gasteiger partial charge in [-0.3, -0.25) is 32.5 Å². The number of phosphoric ester groups is 3. The standard InChI is InChI=1S/C47H86N7O18P3S/c1-4-5-6-7-8-9-10-11-12-13-14-15-16-17-18-19-20-21-22-23-24-25-35(55)30-38(57)76-29-28-49-37(56)26-27-50-45(60)42(59)47(2,3)32-69-75(66,67)72-74(64,65)68-31-36-41(71-73(61,62)63)40(58)46(70-36)54-34-53-39-43(48)51-33-52-44(39)54/h33-36,40-42,46,55,58-59H,4-32H2,1-3H3,(H,49,56)(H,50,60)(H,64,65)(H,66,67)(H2,48,51,52)(H2,61,62,63)/t35-,36-,40-,41-,42+,46-/m1/s1. The minimum atomic E-state index is -5.59. The number of thioether (sulfide) groups is 1. The Bertz CT molecular complexity index is 2180. The fourth-order valence-corrected chi connectivity index (χ4v) is 12.0. The highest BCUT2D eigenvalue weighted by Crippen LogP contribution is 2.61. The van der Waals surface area contributed by atoms with Crippen molar-refractivity contribution in [1.82, 2.24) is 30.2 Å². The first kappa shape index (κ1) is 67.8. The highest BCUT2D eigenvalue weighted by atomic mass is 32.2. The second-order valence-corrected chi connectivity index (χ2v) is 25.4. The summed E-state index contributed by atoms with van der Waals surface area (Å²) in [6.07, 6.45) is 20.2. The number of nitrogens with two attached hydrogens (primary N) is 1. The molecule has 29 heteroatoms. The monoisotopic (exact) mass is 1160 g/mol. The Morgan fingerprint density at radius 1 is 0.789 bits per heavy atom. The zero-order valence-electron chi connectivity index (χ0n) is 44.4. The zero-order chi connectivity index (χ0) is 56.2. The summed E-state index contributed by atoms with van der Waals surface area (Å²) in [4.78, 5) is 88.7. The van der Waals surface area contributed by atoms with E-state index in [1.54, 1.807) is 0 Å². The van der Waals surface area contributed by atoms with Gasteiger partial charge < -0.3 is 56.0 Å². The summed E-state index contributed by atoms with van der Waals surface area (Å²) in [5, 5.41) is 36.8. The van der Waals surface area contributed by atoms with E-state index in [-0.39, 0.29) is 53.8 Å². The van der Waals surface area contributed by atoms with Crippen molar-refractivity contribution >= 4 is 69.1 Å². The highest BCUT2D eigenvalue weighted by molar-refractivity contribution is 8.13. The molecule has 25 nitrogen and oxygen atoms in total. The van der Waals surface area contributed by atoms with Crippen LogP contribution in [0.15, 0.2) is 12.7 Å². The van der Waals surface area contributed by atoms with E-state index in [4.69, 9.17) is 19.5 Å². The van der Waals surface area contributed by atoms with Gasteiger partial charge in [0.2, 0.25) is 11.8 Å². The fourth-order valence-electron chi connectivity index (χ4n) is 8.46. The van der Waals surface area contributed by atoms with E-state index in [1.807, 2.05) is 0 Å². The predicted molar refractivity (Wildman–Crippen MR) is 285 cm³/mol. The number of amides is 2. The van der Waals surface area contributed by atoms with E-state index in [0.29, 0.717) is 6.42 Å². The number of unbranched alkanes of at least 4 members (excludes halogenated alkanes) is 20. The number of aromatic nitrogens is 4. The number of phosphoric acid groups is 3. The molecule has 3 heterocycles. The number of nitrogens with zero attached hydrogens (tertiary/aromatic N) is 4. The van der Waals surface area contributed by atoms with Crippen molar-refractivity contribution in [1.29, 1.82) is 0 Å². The van der Waals surface area contributed by atoms with Gasteiger partial charge in [-0.2, -0.15) is 4.31 Å². The molecule has 76 heavy (non-hydrogen) atoms. The van der Waals surface area contributed by atoms with Crippen molar-refractivity contribution in [2.45, 2.75) is 212 Å².